The lowest BCUT2D eigenvalue weighted by Gasteiger charge is -2.44. The molecule has 3 aliphatic carbocycles. The van der Waals surface area contributed by atoms with Gasteiger partial charge in [-0.2, -0.15) is 0 Å². The standard InChI is InChI=1S/C32H21NO2S2/c34-31-27-19-10-11-20(28(27)32(35)33(31)18-8-2-1-3-9-18)22-15-26-24(14-21(19)22)30-29(37-26)23-12-16-6-4-5-7-17(16)13-25(23)36-30/h1-9,12-15,19-20,27-28H,10-11H2. The Bertz CT molecular complexity index is 1970. The van der Waals surface area contributed by atoms with E-state index in [4.69, 9.17) is 0 Å². The number of nitrogens with zero attached hydrogens (tertiary/aromatic N) is 1. The Kier molecular flexibility index (Phi) is 3.91. The predicted octanol–water partition coefficient (Wildman–Crippen LogP) is 8.20. The van der Waals surface area contributed by atoms with Gasteiger partial charge in [-0.25, -0.2) is 0 Å². The molecule has 4 aromatic carbocycles. The monoisotopic (exact) mass is 515 g/mol. The molecule has 4 atom stereocenters. The normalized spacial score (nSPS) is 24.6. The first-order valence-corrected chi connectivity index (χ1v) is 14.5. The molecule has 0 N–H and O–H groups in total. The molecule has 2 aromatic heterocycles. The van der Waals surface area contributed by atoms with Gasteiger partial charge in [0.2, 0.25) is 11.8 Å². The lowest BCUT2D eigenvalue weighted by molar-refractivity contribution is -0.123. The first kappa shape index (κ1) is 20.5. The van der Waals surface area contributed by atoms with Crippen LogP contribution >= 0.6 is 22.7 Å². The highest BCUT2D eigenvalue weighted by molar-refractivity contribution is 7.36. The summed E-state index contributed by atoms with van der Waals surface area (Å²) in [5.74, 6) is -0.243. The minimum Gasteiger partial charge on any atom is -0.274 e. The molecule has 2 bridgehead atoms. The van der Waals surface area contributed by atoms with Gasteiger partial charge in [0.1, 0.15) is 0 Å². The Labute approximate surface area is 220 Å². The summed E-state index contributed by atoms with van der Waals surface area (Å²) < 4.78 is 5.34. The van der Waals surface area contributed by atoms with Crippen LogP contribution in [0.15, 0.2) is 78.9 Å². The first-order chi connectivity index (χ1) is 18.2. The number of rotatable bonds is 1. The van der Waals surface area contributed by atoms with Crippen LogP contribution in [0.1, 0.15) is 35.8 Å². The van der Waals surface area contributed by atoms with Crippen LogP contribution in [0.5, 0.6) is 0 Å². The average molecular weight is 516 g/mol. The molecule has 4 aliphatic rings. The van der Waals surface area contributed by atoms with Crippen molar-refractivity contribution in [3.05, 3.63) is 90.0 Å². The number of carbonyl (C=O) groups is 2. The van der Waals surface area contributed by atoms with Crippen LogP contribution in [-0.2, 0) is 9.59 Å². The molecule has 6 aromatic rings. The third-order valence-electron chi connectivity index (χ3n) is 9.02. The minimum absolute atomic E-state index is 0.00770. The third kappa shape index (κ3) is 2.56. The van der Waals surface area contributed by atoms with E-state index in [0.29, 0.717) is 5.69 Å². The number of hydrogen-bond donors (Lipinski definition) is 0. The molecular formula is C32H21NO2S2. The Morgan fingerprint density at radius 1 is 0.622 bits per heavy atom. The van der Waals surface area contributed by atoms with Crippen molar-refractivity contribution in [3.63, 3.8) is 0 Å². The van der Waals surface area contributed by atoms with Gasteiger partial charge in [0, 0.05) is 20.2 Å². The Morgan fingerprint density at radius 2 is 1.16 bits per heavy atom. The van der Waals surface area contributed by atoms with Crippen LogP contribution in [0.25, 0.3) is 40.3 Å². The molecule has 1 saturated carbocycles. The summed E-state index contributed by atoms with van der Waals surface area (Å²) in [6.07, 6.45) is 1.97. The fraction of sp³-hybridized carbons (Fsp3) is 0.188. The molecule has 5 heteroatoms. The summed E-state index contributed by atoms with van der Waals surface area (Å²) in [7, 11) is 0. The Hall–Kier alpha value is -3.54. The fourth-order valence-electron chi connectivity index (χ4n) is 7.47. The highest BCUT2D eigenvalue weighted by atomic mass is 32.1. The zero-order chi connectivity index (χ0) is 24.4. The lowest BCUT2D eigenvalue weighted by atomic mass is 9.57. The molecule has 4 unspecified atom stereocenters. The number of anilines is 1. The largest absolute Gasteiger partial charge is 0.274 e. The van der Waals surface area contributed by atoms with E-state index < -0.39 is 0 Å². The van der Waals surface area contributed by atoms with Crippen molar-refractivity contribution in [1.82, 2.24) is 0 Å². The van der Waals surface area contributed by atoms with Crippen molar-refractivity contribution >= 4 is 80.5 Å². The van der Waals surface area contributed by atoms with Gasteiger partial charge in [0.15, 0.2) is 0 Å². The molecule has 2 fully saturated rings. The lowest BCUT2D eigenvalue weighted by Crippen LogP contribution is -2.39. The number of para-hydroxylation sites is 1. The Balaban J connectivity index is 1.23. The number of hydrogen-bond acceptors (Lipinski definition) is 4. The number of carbonyl (C=O) groups excluding carboxylic acids is 2. The van der Waals surface area contributed by atoms with E-state index in [-0.39, 0.29) is 35.5 Å². The van der Waals surface area contributed by atoms with Gasteiger partial charge in [-0.05, 0) is 83.0 Å². The molecule has 3 heterocycles. The van der Waals surface area contributed by atoms with Gasteiger partial charge >= 0.3 is 0 Å². The number of fused-ring (bicyclic) bond motifs is 7. The van der Waals surface area contributed by atoms with Crippen molar-refractivity contribution in [2.75, 3.05) is 4.90 Å². The Morgan fingerprint density at radius 3 is 1.84 bits per heavy atom. The van der Waals surface area contributed by atoms with E-state index in [0.717, 1.165) is 12.8 Å². The molecule has 0 spiro atoms. The highest BCUT2D eigenvalue weighted by Gasteiger charge is 2.60. The summed E-state index contributed by atoms with van der Waals surface area (Å²) in [6, 6.07) is 27.4. The summed E-state index contributed by atoms with van der Waals surface area (Å²) in [4.78, 5) is 28.9. The molecule has 1 aliphatic heterocycles. The van der Waals surface area contributed by atoms with Crippen LogP contribution < -0.4 is 4.90 Å². The second-order valence-electron chi connectivity index (χ2n) is 10.7. The van der Waals surface area contributed by atoms with Crippen molar-refractivity contribution in [1.29, 1.82) is 0 Å². The van der Waals surface area contributed by atoms with Gasteiger partial charge in [0.05, 0.1) is 26.9 Å². The summed E-state index contributed by atoms with van der Waals surface area (Å²) in [5.41, 5.74) is 3.32. The maximum Gasteiger partial charge on any atom is 0.238 e. The fourth-order valence-corrected chi connectivity index (χ4v) is 10.2. The minimum atomic E-state index is -0.238. The zero-order valence-electron chi connectivity index (χ0n) is 19.8. The van der Waals surface area contributed by atoms with Crippen LogP contribution in [-0.4, -0.2) is 11.8 Å². The topological polar surface area (TPSA) is 37.4 Å². The van der Waals surface area contributed by atoms with Gasteiger partial charge in [-0.1, -0.05) is 42.5 Å². The molecule has 3 nitrogen and oxygen atoms in total. The van der Waals surface area contributed by atoms with E-state index in [1.54, 1.807) is 0 Å². The highest BCUT2D eigenvalue weighted by Crippen LogP contribution is 2.60. The van der Waals surface area contributed by atoms with Crippen LogP contribution in [0, 0.1) is 11.8 Å². The van der Waals surface area contributed by atoms with E-state index >= 15 is 0 Å². The van der Waals surface area contributed by atoms with E-state index in [1.165, 1.54) is 56.4 Å². The number of thiophene rings is 2. The predicted molar refractivity (Wildman–Crippen MR) is 153 cm³/mol. The molecular weight excluding hydrogens is 494 g/mol. The van der Waals surface area contributed by atoms with Crippen LogP contribution in [0.4, 0.5) is 5.69 Å². The van der Waals surface area contributed by atoms with Crippen molar-refractivity contribution < 1.29 is 9.59 Å². The quantitative estimate of drug-likeness (QED) is 0.207. The smallest absolute Gasteiger partial charge is 0.238 e. The second-order valence-corrected chi connectivity index (χ2v) is 12.8. The SMILES string of the molecule is O=C1C2C3CCC(c4cc5c(cc43)sc3c4cc6ccccc6cc4sc53)C2C(=O)N1c1ccccc1. The van der Waals surface area contributed by atoms with Crippen molar-refractivity contribution in [2.24, 2.45) is 11.8 Å². The summed E-state index contributed by atoms with van der Waals surface area (Å²) in [6.45, 7) is 0. The van der Waals surface area contributed by atoms with Gasteiger partial charge in [-0.15, -0.1) is 22.7 Å². The number of amides is 2. The number of benzene rings is 4. The molecule has 178 valence electrons. The molecule has 0 radical (unpaired) electrons. The molecule has 1 saturated heterocycles. The van der Waals surface area contributed by atoms with Gasteiger partial charge in [0.25, 0.3) is 0 Å². The maximum atomic E-state index is 13.7. The van der Waals surface area contributed by atoms with Crippen molar-refractivity contribution in [3.8, 4) is 0 Å². The number of imide groups is 1. The third-order valence-corrected chi connectivity index (χ3v) is 11.5. The van der Waals surface area contributed by atoms with E-state index in [1.807, 2.05) is 53.0 Å². The maximum absolute atomic E-state index is 13.7. The molecule has 37 heavy (non-hydrogen) atoms. The average Bonchev–Trinajstić information content (AvgIpc) is 3.55. The van der Waals surface area contributed by atoms with Crippen molar-refractivity contribution in [2.45, 2.75) is 24.7 Å². The summed E-state index contributed by atoms with van der Waals surface area (Å²) in [5, 5.41) is 5.20. The van der Waals surface area contributed by atoms with E-state index in [2.05, 4.69) is 48.5 Å². The second kappa shape index (κ2) is 7.06. The van der Waals surface area contributed by atoms with E-state index in [9.17, 15) is 9.59 Å². The zero-order valence-corrected chi connectivity index (χ0v) is 21.4. The van der Waals surface area contributed by atoms with Gasteiger partial charge < -0.3 is 0 Å². The van der Waals surface area contributed by atoms with Crippen LogP contribution in [0.3, 0.4) is 0 Å². The summed E-state index contributed by atoms with van der Waals surface area (Å²) >= 11 is 3.76. The first-order valence-electron chi connectivity index (χ1n) is 12.9. The van der Waals surface area contributed by atoms with Crippen LogP contribution in [0.2, 0.25) is 0 Å². The molecule has 2 amide bonds. The molecule has 10 rings (SSSR count). The van der Waals surface area contributed by atoms with Gasteiger partial charge in [-0.3, -0.25) is 14.5 Å².